The molecule has 1 aromatic rings. The number of unbranched alkanes of at least 4 members (excludes halogenated alkanes) is 2. The number of aliphatic hydroxyl groups excluding tert-OH is 8. The van der Waals surface area contributed by atoms with Crippen molar-refractivity contribution in [3.63, 3.8) is 0 Å². The summed E-state index contributed by atoms with van der Waals surface area (Å²) in [5.74, 6) is -4.55. The number of ether oxygens (including phenoxy) is 14. The molecular formula is C65H102O26. The average Bonchev–Trinajstić information content (AvgIpc) is 0.874. The lowest BCUT2D eigenvalue weighted by atomic mass is 9.95. The molecule has 0 aromatic heterocycles. The molecule has 6 aliphatic heterocycles. The van der Waals surface area contributed by atoms with Gasteiger partial charge < -0.3 is 107 Å². The fraction of sp³-hybridized carbons (Fsp3) is 0.815. The van der Waals surface area contributed by atoms with Gasteiger partial charge in [0.05, 0.1) is 49.0 Å². The third-order valence-corrected chi connectivity index (χ3v) is 18.2. The first-order chi connectivity index (χ1) is 43.5. The van der Waals surface area contributed by atoms with Gasteiger partial charge in [0, 0.05) is 12.5 Å². The number of aliphatic hydroxyl groups is 8. The predicted octanol–water partition coefficient (Wildman–Crippen LogP) is 3.69. The van der Waals surface area contributed by atoms with Crippen LogP contribution in [0.3, 0.4) is 0 Å². The molecule has 0 aliphatic carbocycles. The second-order valence-electron chi connectivity index (χ2n) is 25.2. The summed E-state index contributed by atoms with van der Waals surface area (Å²) in [6.45, 7) is 14.1. The van der Waals surface area contributed by atoms with Crippen molar-refractivity contribution in [2.24, 2.45) is 11.8 Å². The average molecular weight is 1300 g/mol. The van der Waals surface area contributed by atoms with Gasteiger partial charge >= 0.3 is 23.9 Å². The Hall–Kier alpha value is -3.88. The van der Waals surface area contributed by atoms with Gasteiger partial charge in [-0.25, -0.2) is 4.79 Å². The smallest absolute Gasteiger partial charge is 0.331 e. The summed E-state index contributed by atoms with van der Waals surface area (Å²) in [6.07, 6.45) is -28.0. The highest BCUT2D eigenvalue weighted by atomic mass is 16.8. The summed E-state index contributed by atoms with van der Waals surface area (Å²) < 4.78 is 88.7. The molecule has 26 heteroatoms. The number of rotatable bonds is 20. The van der Waals surface area contributed by atoms with Crippen molar-refractivity contribution in [3.8, 4) is 0 Å². The standard InChI is InChI=1S/C65H102O26/c1-10-13-20-27-40-28-23-17-15-14-16-18-24-29-42(67)84-55-50(75)63(90-56-47(72)45(70)41(32-66)83-64(56)82-40)80-37(8)52(55)89-65-58(87-60(77)34(5)12-3)57(91-61-48(73)46(71)44(69)35(6)78-61)53(38(9)81-65)88-62-49(74)54(51(36(7)79-62)86-59(76)33(4)11-2)85-43(68)31-30-39-25-21-19-22-26-39/h19,21-22,25-26,30-31,33-38,40-41,44-58,61-66,69-75H,10-18,20,23-24,27-29,32H2,1-9H3. The van der Waals surface area contributed by atoms with E-state index in [1.807, 2.05) is 0 Å². The number of esters is 4. The van der Waals surface area contributed by atoms with Gasteiger partial charge in [-0.3, -0.25) is 14.4 Å². The minimum atomic E-state index is -1.96. The van der Waals surface area contributed by atoms with Crippen molar-refractivity contribution < 1.29 is 126 Å². The van der Waals surface area contributed by atoms with Crippen LogP contribution in [0.15, 0.2) is 36.4 Å². The van der Waals surface area contributed by atoms with Crippen LogP contribution in [-0.4, -0.2) is 231 Å². The minimum Gasteiger partial charge on any atom is -0.456 e. The molecule has 0 saturated carbocycles. The maximum Gasteiger partial charge on any atom is 0.331 e. The molecule has 0 radical (unpaired) electrons. The number of carbonyl (C=O) groups excluding carboxylic acids is 4. The highest BCUT2D eigenvalue weighted by molar-refractivity contribution is 5.87. The molecule has 6 fully saturated rings. The zero-order valence-corrected chi connectivity index (χ0v) is 53.9. The molecule has 28 unspecified atom stereocenters. The van der Waals surface area contributed by atoms with Crippen molar-refractivity contribution in [2.45, 2.75) is 318 Å². The predicted molar refractivity (Wildman–Crippen MR) is 319 cm³/mol. The van der Waals surface area contributed by atoms with E-state index in [4.69, 9.17) is 66.3 Å². The van der Waals surface area contributed by atoms with E-state index < -0.39 is 196 Å². The van der Waals surface area contributed by atoms with E-state index >= 15 is 0 Å². The van der Waals surface area contributed by atoms with Gasteiger partial charge in [-0.05, 0) is 71.4 Å². The summed E-state index contributed by atoms with van der Waals surface area (Å²) in [4.78, 5) is 55.4. The Morgan fingerprint density at radius 3 is 1.78 bits per heavy atom. The number of fused-ring (bicyclic) bond motifs is 3. The van der Waals surface area contributed by atoms with Crippen LogP contribution in [0.25, 0.3) is 6.08 Å². The van der Waals surface area contributed by atoms with E-state index in [1.165, 1.54) is 33.8 Å². The van der Waals surface area contributed by atoms with Crippen LogP contribution in [0.5, 0.6) is 0 Å². The van der Waals surface area contributed by atoms with E-state index in [-0.39, 0.29) is 18.9 Å². The lowest BCUT2D eigenvalue weighted by Crippen LogP contribution is -2.68. The van der Waals surface area contributed by atoms with Gasteiger partial charge in [0.1, 0.15) is 73.2 Å². The highest BCUT2D eigenvalue weighted by Crippen LogP contribution is 2.40. The highest BCUT2D eigenvalue weighted by Gasteiger charge is 2.59. The van der Waals surface area contributed by atoms with Crippen molar-refractivity contribution in [2.75, 3.05) is 6.61 Å². The Balaban J connectivity index is 1.25. The molecule has 26 nitrogen and oxygen atoms in total. The molecule has 518 valence electrons. The summed E-state index contributed by atoms with van der Waals surface area (Å²) >= 11 is 0. The van der Waals surface area contributed by atoms with Gasteiger partial charge in [-0.15, -0.1) is 0 Å². The van der Waals surface area contributed by atoms with Crippen molar-refractivity contribution >= 4 is 30.0 Å². The van der Waals surface area contributed by atoms with Crippen LogP contribution in [0.1, 0.15) is 164 Å². The van der Waals surface area contributed by atoms with Crippen LogP contribution >= 0.6 is 0 Å². The molecule has 6 aliphatic rings. The van der Waals surface area contributed by atoms with Crippen LogP contribution < -0.4 is 0 Å². The van der Waals surface area contributed by atoms with Gasteiger partial charge in [-0.2, -0.15) is 0 Å². The lowest BCUT2D eigenvalue weighted by Gasteiger charge is -2.51. The molecule has 6 heterocycles. The third-order valence-electron chi connectivity index (χ3n) is 18.2. The van der Waals surface area contributed by atoms with Crippen molar-refractivity contribution in [1.82, 2.24) is 0 Å². The molecule has 6 saturated heterocycles. The molecule has 2 bridgehead atoms. The largest absolute Gasteiger partial charge is 0.456 e. The maximum absolute atomic E-state index is 14.3. The molecule has 0 spiro atoms. The second kappa shape index (κ2) is 35.7. The molecule has 28 atom stereocenters. The van der Waals surface area contributed by atoms with E-state index in [2.05, 4.69) is 6.92 Å². The Morgan fingerprint density at radius 2 is 1.12 bits per heavy atom. The number of benzene rings is 1. The van der Waals surface area contributed by atoms with E-state index in [0.29, 0.717) is 37.7 Å². The van der Waals surface area contributed by atoms with E-state index in [9.17, 15) is 60.0 Å². The Kier molecular flexibility index (Phi) is 29.3. The zero-order valence-electron chi connectivity index (χ0n) is 53.9. The third kappa shape index (κ3) is 19.6. The quantitative estimate of drug-likeness (QED) is 0.0399. The minimum absolute atomic E-state index is 0.0705. The molecule has 91 heavy (non-hydrogen) atoms. The first-order valence-electron chi connectivity index (χ1n) is 33.0. The van der Waals surface area contributed by atoms with Crippen LogP contribution in [0, 0.1) is 11.8 Å². The molecule has 8 N–H and O–H groups in total. The van der Waals surface area contributed by atoms with Crippen LogP contribution in [0.2, 0.25) is 0 Å². The van der Waals surface area contributed by atoms with Gasteiger partial charge in [-0.1, -0.05) is 123 Å². The van der Waals surface area contributed by atoms with Gasteiger partial charge in [0.25, 0.3) is 0 Å². The first kappa shape index (κ1) is 74.5. The topological polar surface area (TPSA) is 359 Å². The Bertz CT molecular complexity index is 2400. The SMILES string of the molecule is CCCCCC1CCCCCCCCCC(=O)OC2C(O)C(OC(C)C2OC2OC(C)C(OC3OC(C)C(OC(=O)C(C)CC)C(OC(=O)C=Cc4ccccc4)C3O)C(OC3OC(C)C(O)C(O)C3O)C2OC(=O)C(C)CC)OC2C(O1)OC(CO)C(O)C2O. The Morgan fingerprint density at radius 1 is 0.538 bits per heavy atom. The van der Waals surface area contributed by atoms with Crippen molar-refractivity contribution in [1.29, 1.82) is 0 Å². The zero-order chi connectivity index (χ0) is 66.2. The summed E-state index contributed by atoms with van der Waals surface area (Å²) in [5.41, 5.74) is 0.655. The summed E-state index contributed by atoms with van der Waals surface area (Å²) in [6, 6.07) is 8.84. The molecule has 0 amide bonds. The maximum atomic E-state index is 14.3. The number of hydrogen-bond acceptors (Lipinski definition) is 26. The fourth-order valence-electron chi connectivity index (χ4n) is 12.0. The van der Waals surface area contributed by atoms with Gasteiger partial charge in [0.15, 0.2) is 55.9 Å². The van der Waals surface area contributed by atoms with E-state index in [1.54, 1.807) is 58.0 Å². The lowest BCUT2D eigenvalue weighted by molar-refractivity contribution is -0.400. The van der Waals surface area contributed by atoms with E-state index in [0.717, 1.165) is 57.4 Å². The van der Waals surface area contributed by atoms with Crippen LogP contribution in [-0.2, 0) is 85.5 Å². The first-order valence-corrected chi connectivity index (χ1v) is 33.0. The summed E-state index contributed by atoms with van der Waals surface area (Å²) in [7, 11) is 0. The van der Waals surface area contributed by atoms with Gasteiger partial charge in [0.2, 0.25) is 0 Å². The molecule has 1 aromatic carbocycles. The Labute approximate surface area is 533 Å². The molecular weight excluding hydrogens is 1200 g/mol. The second-order valence-corrected chi connectivity index (χ2v) is 25.2. The summed E-state index contributed by atoms with van der Waals surface area (Å²) in [5, 5.41) is 91.6. The fourth-order valence-corrected chi connectivity index (χ4v) is 12.0. The van der Waals surface area contributed by atoms with Crippen LogP contribution in [0.4, 0.5) is 0 Å². The monoisotopic (exact) mass is 1300 g/mol. The molecule has 7 rings (SSSR count). The number of carbonyl (C=O) groups is 4. The van der Waals surface area contributed by atoms with Crippen molar-refractivity contribution in [3.05, 3.63) is 42.0 Å². The normalized spacial score (nSPS) is 40.6. The number of hydrogen-bond donors (Lipinski definition) is 8.